The number of rotatable bonds is 3. The fraction of sp³-hybridized carbons (Fsp3) is 1.00. The average Bonchev–Trinajstić information content (AvgIpc) is 2.72. The Morgan fingerprint density at radius 2 is 2.00 bits per heavy atom. The number of nitrogens with zero attached hydrogens (tertiary/aromatic N) is 1. The zero-order chi connectivity index (χ0) is 10.8. The van der Waals surface area contributed by atoms with Gasteiger partial charge < -0.3 is 5.32 Å². The molecule has 1 N–H and O–H groups in total. The SMILES string of the molecule is CC1CCC(N2CCC(NC(C)C)C2)C1. The number of hydrogen-bond acceptors (Lipinski definition) is 2. The molecule has 15 heavy (non-hydrogen) atoms. The third kappa shape index (κ3) is 2.94. The second-order valence-electron chi connectivity index (χ2n) is 5.87. The molecule has 2 rings (SSSR count). The Balaban J connectivity index is 1.77. The first kappa shape index (κ1) is 11.4. The molecule has 1 heterocycles. The Labute approximate surface area is 94.4 Å². The molecule has 0 bridgehead atoms. The van der Waals surface area contributed by atoms with E-state index in [4.69, 9.17) is 0 Å². The highest BCUT2D eigenvalue weighted by molar-refractivity contribution is 4.89. The van der Waals surface area contributed by atoms with Gasteiger partial charge in [0.05, 0.1) is 0 Å². The summed E-state index contributed by atoms with van der Waals surface area (Å²) in [6, 6.07) is 2.29. The Bertz CT molecular complexity index is 203. The van der Waals surface area contributed by atoms with Crippen LogP contribution in [-0.4, -0.2) is 36.1 Å². The number of nitrogens with one attached hydrogen (secondary N) is 1. The Morgan fingerprint density at radius 3 is 2.60 bits per heavy atom. The van der Waals surface area contributed by atoms with Crippen molar-refractivity contribution in [1.82, 2.24) is 10.2 Å². The van der Waals surface area contributed by atoms with Crippen molar-refractivity contribution in [3.8, 4) is 0 Å². The Morgan fingerprint density at radius 1 is 1.20 bits per heavy atom. The molecule has 88 valence electrons. The summed E-state index contributed by atoms with van der Waals surface area (Å²) in [7, 11) is 0. The minimum atomic E-state index is 0.637. The number of likely N-dealkylation sites (tertiary alicyclic amines) is 1. The van der Waals surface area contributed by atoms with Crippen LogP contribution in [0.3, 0.4) is 0 Å². The molecular weight excluding hydrogens is 184 g/mol. The molecule has 1 saturated carbocycles. The van der Waals surface area contributed by atoms with E-state index in [1.54, 1.807) is 0 Å². The van der Waals surface area contributed by atoms with Crippen molar-refractivity contribution in [2.75, 3.05) is 13.1 Å². The van der Waals surface area contributed by atoms with Crippen LogP contribution in [0.25, 0.3) is 0 Å². The van der Waals surface area contributed by atoms with Gasteiger partial charge in [-0.25, -0.2) is 0 Å². The summed E-state index contributed by atoms with van der Waals surface area (Å²) in [5.41, 5.74) is 0. The van der Waals surface area contributed by atoms with Crippen molar-refractivity contribution in [3.63, 3.8) is 0 Å². The van der Waals surface area contributed by atoms with Crippen molar-refractivity contribution < 1.29 is 0 Å². The second-order valence-corrected chi connectivity index (χ2v) is 5.87. The van der Waals surface area contributed by atoms with Crippen LogP contribution in [-0.2, 0) is 0 Å². The Hall–Kier alpha value is -0.0800. The quantitative estimate of drug-likeness (QED) is 0.768. The predicted molar refractivity (Wildman–Crippen MR) is 65.1 cm³/mol. The fourth-order valence-corrected chi connectivity index (χ4v) is 3.24. The van der Waals surface area contributed by atoms with Gasteiger partial charge in [-0.05, 0) is 31.6 Å². The van der Waals surface area contributed by atoms with Gasteiger partial charge in [-0.15, -0.1) is 0 Å². The number of hydrogen-bond donors (Lipinski definition) is 1. The lowest BCUT2D eigenvalue weighted by Gasteiger charge is -2.24. The summed E-state index contributed by atoms with van der Waals surface area (Å²) in [4.78, 5) is 2.73. The van der Waals surface area contributed by atoms with Crippen molar-refractivity contribution in [3.05, 3.63) is 0 Å². The molecule has 2 heteroatoms. The van der Waals surface area contributed by atoms with E-state index in [-0.39, 0.29) is 0 Å². The summed E-state index contributed by atoms with van der Waals surface area (Å²) in [6.07, 6.45) is 5.68. The molecule has 0 aromatic heterocycles. The van der Waals surface area contributed by atoms with Crippen LogP contribution >= 0.6 is 0 Å². The standard InChI is InChI=1S/C13H26N2/c1-10(2)14-12-6-7-15(9-12)13-5-4-11(3)8-13/h10-14H,4-9H2,1-3H3. The molecule has 3 unspecified atom stereocenters. The second kappa shape index (κ2) is 4.84. The summed E-state index contributed by atoms with van der Waals surface area (Å²) in [5, 5.41) is 3.66. The molecule has 2 aliphatic rings. The highest BCUT2D eigenvalue weighted by Gasteiger charge is 2.32. The normalized spacial score (nSPS) is 38.0. The monoisotopic (exact) mass is 210 g/mol. The van der Waals surface area contributed by atoms with Gasteiger partial charge in [-0.1, -0.05) is 20.8 Å². The lowest BCUT2D eigenvalue weighted by atomic mass is 10.1. The maximum atomic E-state index is 3.66. The maximum absolute atomic E-state index is 3.66. The maximum Gasteiger partial charge on any atom is 0.0209 e. The van der Waals surface area contributed by atoms with Gasteiger partial charge in [-0.3, -0.25) is 4.90 Å². The van der Waals surface area contributed by atoms with E-state index in [1.165, 1.54) is 38.8 Å². The van der Waals surface area contributed by atoms with Crippen LogP contribution in [0, 0.1) is 5.92 Å². The van der Waals surface area contributed by atoms with Gasteiger partial charge in [0, 0.05) is 31.2 Å². The van der Waals surface area contributed by atoms with Crippen LogP contribution < -0.4 is 5.32 Å². The van der Waals surface area contributed by atoms with Crippen LogP contribution in [0.1, 0.15) is 46.5 Å². The predicted octanol–water partition coefficient (Wildman–Crippen LogP) is 2.25. The molecule has 3 atom stereocenters. The van der Waals surface area contributed by atoms with E-state index in [2.05, 4.69) is 31.0 Å². The summed E-state index contributed by atoms with van der Waals surface area (Å²) in [5.74, 6) is 0.965. The fourth-order valence-electron chi connectivity index (χ4n) is 3.24. The van der Waals surface area contributed by atoms with E-state index >= 15 is 0 Å². The van der Waals surface area contributed by atoms with Crippen molar-refractivity contribution in [2.45, 2.75) is 64.6 Å². The first-order valence-electron chi connectivity index (χ1n) is 6.65. The lowest BCUT2D eigenvalue weighted by Crippen LogP contribution is -2.39. The van der Waals surface area contributed by atoms with E-state index < -0.39 is 0 Å². The van der Waals surface area contributed by atoms with Crippen LogP contribution in [0.15, 0.2) is 0 Å². The topological polar surface area (TPSA) is 15.3 Å². The largest absolute Gasteiger partial charge is 0.310 e. The van der Waals surface area contributed by atoms with Crippen molar-refractivity contribution in [1.29, 1.82) is 0 Å². The van der Waals surface area contributed by atoms with Crippen LogP contribution in [0.4, 0.5) is 0 Å². The summed E-state index contributed by atoms with van der Waals surface area (Å²) < 4.78 is 0. The van der Waals surface area contributed by atoms with Gasteiger partial charge in [0.15, 0.2) is 0 Å². The molecule has 2 fully saturated rings. The van der Waals surface area contributed by atoms with Gasteiger partial charge in [0.25, 0.3) is 0 Å². The zero-order valence-corrected chi connectivity index (χ0v) is 10.5. The lowest BCUT2D eigenvalue weighted by molar-refractivity contribution is 0.234. The Kier molecular flexibility index (Phi) is 3.68. The van der Waals surface area contributed by atoms with E-state index in [0.717, 1.165) is 18.0 Å². The van der Waals surface area contributed by atoms with E-state index in [1.807, 2.05) is 0 Å². The minimum Gasteiger partial charge on any atom is -0.310 e. The van der Waals surface area contributed by atoms with E-state index in [0.29, 0.717) is 6.04 Å². The third-order valence-corrected chi connectivity index (χ3v) is 3.97. The molecule has 0 amide bonds. The first-order valence-corrected chi connectivity index (χ1v) is 6.65. The van der Waals surface area contributed by atoms with Gasteiger partial charge in [0.2, 0.25) is 0 Å². The third-order valence-electron chi connectivity index (χ3n) is 3.97. The van der Waals surface area contributed by atoms with E-state index in [9.17, 15) is 0 Å². The van der Waals surface area contributed by atoms with Crippen LogP contribution in [0.2, 0.25) is 0 Å². The highest BCUT2D eigenvalue weighted by atomic mass is 15.2. The molecule has 0 spiro atoms. The molecule has 0 aromatic rings. The molecule has 0 aromatic carbocycles. The van der Waals surface area contributed by atoms with Gasteiger partial charge >= 0.3 is 0 Å². The molecule has 1 saturated heterocycles. The summed E-state index contributed by atoms with van der Waals surface area (Å²) >= 11 is 0. The van der Waals surface area contributed by atoms with Gasteiger partial charge in [0.1, 0.15) is 0 Å². The molecule has 1 aliphatic carbocycles. The first-order chi connectivity index (χ1) is 7.15. The average molecular weight is 210 g/mol. The highest BCUT2D eigenvalue weighted by Crippen LogP contribution is 2.30. The molecular formula is C13H26N2. The molecule has 1 aliphatic heterocycles. The van der Waals surface area contributed by atoms with Gasteiger partial charge in [-0.2, -0.15) is 0 Å². The summed E-state index contributed by atoms with van der Waals surface area (Å²) in [6.45, 7) is 9.51. The smallest absolute Gasteiger partial charge is 0.0209 e. The van der Waals surface area contributed by atoms with Crippen molar-refractivity contribution in [2.24, 2.45) is 5.92 Å². The zero-order valence-electron chi connectivity index (χ0n) is 10.5. The van der Waals surface area contributed by atoms with Crippen LogP contribution in [0.5, 0.6) is 0 Å². The minimum absolute atomic E-state index is 0.637. The molecule has 2 nitrogen and oxygen atoms in total. The molecule has 0 radical (unpaired) electrons. The van der Waals surface area contributed by atoms with Crippen molar-refractivity contribution >= 4 is 0 Å².